The van der Waals surface area contributed by atoms with Crippen LogP contribution in [0.4, 0.5) is 5.69 Å². The number of carbonyl (C=O) groups is 1. The molecule has 2 aromatic carbocycles. The molecule has 0 saturated heterocycles. The fraction of sp³-hybridized carbons (Fsp3) is 0.158. The Bertz CT molecular complexity index is 917. The second-order valence-corrected chi connectivity index (χ2v) is 5.55. The molecule has 27 heavy (non-hydrogen) atoms. The molecular formula is C19H19N5O3. The van der Waals surface area contributed by atoms with Crippen molar-refractivity contribution in [3.8, 4) is 11.8 Å². The third-order valence-corrected chi connectivity index (χ3v) is 3.51. The van der Waals surface area contributed by atoms with Crippen molar-refractivity contribution in [2.75, 3.05) is 12.5 Å². The smallest absolute Gasteiger partial charge is 0.341 e. The number of esters is 1. The first-order valence-corrected chi connectivity index (χ1v) is 7.94. The summed E-state index contributed by atoms with van der Waals surface area (Å²) < 4.78 is 10.7. The molecule has 0 aliphatic rings. The quantitative estimate of drug-likeness (QED) is 0.299. The predicted molar refractivity (Wildman–Crippen MR) is 102 cm³/mol. The molecule has 0 atom stereocenters. The molecule has 0 aromatic heterocycles. The van der Waals surface area contributed by atoms with E-state index in [2.05, 4.69) is 10.5 Å². The van der Waals surface area contributed by atoms with E-state index in [1.54, 1.807) is 25.1 Å². The van der Waals surface area contributed by atoms with Crippen molar-refractivity contribution in [1.82, 2.24) is 0 Å². The number of methoxy groups -OCH3 is 1. The Hall–Kier alpha value is -3.86. The minimum absolute atomic E-state index is 0.212. The van der Waals surface area contributed by atoms with Gasteiger partial charge in [-0.05, 0) is 30.2 Å². The Labute approximate surface area is 156 Å². The normalized spacial score (nSPS) is 10.6. The Balaban J connectivity index is 2.44. The number of aryl methyl sites for hydroxylation is 1. The zero-order valence-electron chi connectivity index (χ0n) is 14.9. The molecule has 0 spiro atoms. The lowest BCUT2D eigenvalue weighted by molar-refractivity contribution is 0.0595. The van der Waals surface area contributed by atoms with Crippen LogP contribution in [0.1, 0.15) is 21.5 Å². The van der Waals surface area contributed by atoms with Gasteiger partial charge in [0.15, 0.2) is 11.6 Å². The van der Waals surface area contributed by atoms with Crippen molar-refractivity contribution in [3.05, 3.63) is 59.2 Å². The SMILES string of the molecule is COC(=O)c1cc(C)cc(N/N=C(\C#N)C(=N)N)c1OCc1ccccc1. The summed E-state index contributed by atoms with van der Waals surface area (Å²) in [6.45, 7) is 2.00. The number of nitrogens with two attached hydrogens (primary N) is 1. The molecule has 138 valence electrons. The van der Waals surface area contributed by atoms with Crippen LogP contribution in [0.3, 0.4) is 0 Å². The molecule has 0 saturated carbocycles. The number of hydrogen-bond donors (Lipinski definition) is 3. The van der Waals surface area contributed by atoms with Gasteiger partial charge >= 0.3 is 5.97 Å². The minimum atomic E-state index is -0.569. The third-order valence-electron chi connectivity index (χ3n) is 3.51. The summed E-state index contributed by atoms with van der Waals surface area (Å²) in [5.41, 5.74) is 9.89. The number of carbonyl (C=O) groups excluding carboxylic acids is 1. The van der Waals surface area contributed by atoms with Crippen LogP contribution < -0.4 is 15.9 Å². The van der Waals surface area contributed by atoms with Crippen molar-refractivity contribution in [2.24, 2.45) is 10.8 Å². The number of amidine groups is 1. The van der Waals surface area contributed by atoms with E-state index in [9.17, 15) is 4.79 Å². The van der Waals surface area contributed by atoms with Crippen LogP contribution in [-0.2, 0) is 11.3 Å². The van der Waals surface area contributed by atoms with E-state index in [1.165, 1.54) is 7.11 Å². The number of anilines is 1. The van der Waals surface area contributed by atoms with Crippen LogP contribution in [0.5, 0.6) is 5.75 Å². The fourth-order valence-electron chi connectivity index (χ4n) is 2.26. The van der Waals surface area contributed by atoms with Crippen molar-refractivity contribution >= 4 is 23.2 Å². The van der Waals surface area contributed by atoms with E-state index in [1.807, 2.05) is 30.3 Å². The van der Waals surface area contributed by atoms with Gasteiger partial charge in [0, 0.05) is 0 Å². The van der Waals surface area contributed by atoms with Gasteiger partial charge in [0.1, 0.15) is 18.2 Å². The molecule has 0 unspecified atom stereocenters. The fourth-order valence-corrected chi connectivity index (χ4v) is 2.26. The highest BCUT2D eigenvalue weighted by molar-refractivity contribution is 6.45. The predicted octanol–water partition coefficient (Wildman–Crippen LogP) is 2.59. The summed E-state index contributed by atoms with van der Waals surface area (Å²) in [6, 6.07) is 14.5. The van der Waals surface area contributed by atoms with Crippen LogP contribution in [0.15, 0.2) is 47.6 Å². The topological polar surface area (TPSA) is 134 Å². The first-order valence-electron chi connectivity index (χ1n) is 7.94. The number of hydrazone groups is 1. The molecule has 8 nitrogen and oxygen atoms in total. The molecule has 0 heterocycles. The minimum Gasteiger partial charge on any atom is -0.486 e. The maximum atomic E-state index is 12.2. The van der Waals surface area contributed by atoms with E-state index >= 15 is 0 Å². The van der Waals surface area contributed by atoms with Crippen LogP contribution >= 0.6 is 0 Å². The van der Waals surface area contributed by atoms with Crippen LogP contribution in [0, 0.1) is 23.7 Å². The third kappa shape index (κ3) is 5.06. The van der Waals surface area contributed by atoms with Crippen molar-refractivity contribution < 1.29 is 14.3 Å². The molecule has 2 rings (SSSR count). The number of nitrogens with zero attached hydrogens (tertiary/aromatic N) is 2. The average molecular weight is 365 g/mol. The highest BCUT2D eigenvalue weighted by Gasteiger charge is 2.19. The zero-order chi connectivity index (χ0) is 19.8. The van der Waals surface area contributed by atoms with Gasteiger partial charge in [-0.15, -0.1) is 0 Å². The van der Waals surface area contributed by atoms with Gasteiger partial charge in [0.25, 0.3) is 0 Å². The van der Waals surface area contributed by atoms with E-state index in [4.69, 9.17) is 25.9 Å². The molecule has 0 aliphatic heterocycles. The van der Waals surface area contributed by atoms with Crippen molar-refractivity contribution in [1.29, 1.82) is 10.7 Å². The summed E-state index contributed by atoms with van der Waals surface area (Å²) in [4.78, 5) is 12.2. The zero-order valence-corrected chi connectivity index (χ0v) is 14.9. The summed E-state index contributed by atoms with van der Waals surface area (Å²) >= 11 is 0. The first kappa shape index (κ1) is 19.5. The van der Waals surface area contributed by atoms with Gasteiger partial charge < -0.3 is 15.2 Å². The van der Waals surface area contributed by atoms with E-state index in [0.29, 0.717) is 5.69 Å². The number of ether oxygens (including phenoxy) is 2. The highest BCUT2D eigenvalue weighted by Crippen LogP contribution is 2.32. The van der Waals surface area contributed by atoms with Crippen LogP contribution in [-0.4, -0.2) is 24.6 Å². The molecule has 4 N–H and O–H groups in total. The number of benzene rings is 2. The molecule has 0 fully saturated rings. The maximum Gasteiger partial charge on any atom is 0.341 e. The molecule has 0 bridgehead atoms. The Kier molecular flexibility index (Phi) is 6.49. The van der Waals surface area contributed by atoms with Crippen LogP contribution in [0.25, 0.3) is 0 Å². The highest BCUT2D eigenvalue weighted by atomic mass is 16.5. The maximum absolute atomic E-state index is 12.2. The lowest BCUT2D eigenvalue weighted by Crippen LogP contribution is -2.22. The van der Waals surface area contributed by atoms with Gasteiger partial charge in [0.2, 0.25) is 5.71 Å². The lowest BCUT2D eigenvalue weighted by atomic mass is 10.1. The average Bonchev–Trinajstić information content (AvgIpc) is 2.67. The Morgan fingerprint density at radius 3 is 2.63 bits per heavy atom. The monoisotopic (exact) mass is 365 g/mol. The van der Waals surface area contributed by atoms with E-state index in [-0.39, 0.29) is 23.6 Å². The summed E-state index contributed by atoms with van der Waals surface area (Å²) in [7, 11) is 1.28. The number of nitrogens with one attached hydrogen (secondary N) is 2. The molecule has 0 radical (unpaired) electrons. The van der Waals surface area contributed by atoms with Gasteiger partial charge in [-0.25, -0.2) is 4.79 Å². The van der Waals surface area contributed by atoms with Crippen LogP contribution in [0.2, 0.25) is 0 Å². The van der Waals surface area contributed by atoms with E-state index in [0.717, 1.165) is 11.1 Å². The largest absolute Gasteiger partial charge is 0.486 e. The molecule has 0 amide bonds. The summed E-state index contributed by atoms with van der Waals surface area (Å²) in [5, 5.41) is 20.1. The van der Waals surface area contributed by atoms with Gasteiger partial charge in [-0.1, -0.05) is 30.3 Å². The summed E-state index contributed by atoms with van der Waals surface area (Å²) in [5.74, 6) is -0.820. The van der Waals surface area contributed by atoms with Gasteiger partial charge in [-0.3, -0.25) is 10.8 Å². The van der Waals surface area contributed by atoms with E-state index < -0.39 is 11.8 Å². The first-order chi connectivity index (χ1) is 13.0. The second kappa shape index (κ2) is 9.01. The molecule has 0 aliphatic carbocycles. The number of rotatable bonds is 7. The molecular weight excluding hydrogens is 346 g/mol. The van der Waals surface area contributed by atoms with Crippen molar-refractivity contribution in [3.63, 3.8) is 0 Å². The summed E-state index contributed by atoms with van der Waals surface area (Å²) in [6.07, 6.45) is 0. The standard InChI is InChI=1S/C19H19N5O3/c1-12-8-14(19(25)26-2)17(27-11-13-6-4-3-5-7-13)15(9-12)23-24-16(10-20)18(21)22/h3-9,23H,11H2,1-2H3,(H3,21,22)/b24-16+. The second-order valence-electron chi connectivity index (χ2n) is 5.55. The molecule has 8 heteroatoms. The van der Waals surface area contributed by atoms with Crippen molar-refractivity contribution in [2.45, 2.75) is 13.5 Å². The Morgan fingerprint density at radius 2 is 2.04 bits per heavy atom. The number of nitriles is 1. The molecule has 2 aromatic rings. The number of hydrogen-bond acceptors (Lipinski definition) is 7. The lowest BCUT2D eigenvalue weighted by Gasteiger charge is -2.16. The van der Waals surface area contributed by atoms with Gasteiger partial charge in [0.05, 0.1) is 12.8 Å². The Morgan fingerprint density at radius 1 is 1.33 bits per heavy atom. The van der Waals surface area contributed by atoms with Gasteiger partial charge in [-0.2, -0.15) is 10.4 Å².